The number of benzene rings is 1. The Morgan fingerprint density at radius 1 is 1.50 bits per heavy atom. The maximum Gasteiger partial charge on any atom is 0.352 e. The van der Waals surface area contributed by atoms with Gasteiger partial charge in [0.1, 0.15) is 5.69 Å². The minimum absolute atomic E-state index is 0.347. The number of carboxylic acid groups (broad SMARTS) is 1. The first-order chi connectivity index (χ1) is 7.56. The Kier molecular flexibility index (Phi) is 2.64. The molecule has 0 aliphatic heterocycles. The largest absolute Gasteiger partial charge is 0.477 e. The molecule has 16 heavy (non-hydrogen) atoms. The Balaban J connectivity index is 2.90. The first-order valence-electron chi connectivity index (χ1n) is 5.08. The van der Waals surface area contributed by atoms with Gasteiger partial charge < -0.3 is 9.67 Å². The average Bonchev–Trinajstić information content (AvgIpc) is 2.51. The number of hydrogen-bond acceptors (Lipinski definition) is 1. The average molecular weight is 238 g/mol. The van der Waals surface area contributed by atoms with Crippen LogP contribution in [-0.4, -0.2) is 15.6 Å². The summed E-state index contributed by atoms with van der Waals surface area (Å²) in [7, 11) is 0. The molecule has 3 nitrogen and oxygen atoms in total. The third-order valence-corrected chi connectivity index (χ3v) is 3.03. The van der Waals surface area contributed by atoms with Gasteiger partial charge in [0.15, 0.2) is 0 Å². The predicted octanol–water partition coefficient (Wildman–Crippen LogP) is 3.32. The zero-order valence-corrected chi connectivity index (χ0v) is 9.88. The highest BCUT2D eigenvalue weighted by atomic mass is 35.5. The van der Waals surface area contributed by atoms with Crippen LogP contribution in [0, 0.1) is 6.92 Å². The molecule has 84 valence electrons. The zero-order valence-electron chi connectivity index (χ0n) is 9.12. The van der Waals surface area contributed by atoms with Crippen molar-refractivity contribution in [2.24, 2.45) is 0 Å². The molecular formula is C12H12ClNO2. The highest BCUT2D eigenvalue weighted by molar-refractivity contribution is 6.31. The van der Waals surface area contributed by atoms with Crippen molar-refractivity contribution >= 4 is 28.5 Å². The van der Waals surface area contributed by atoms with Crippen LogP contribution < -0.4 is 0 Å². The van der Waals surface area contributed by atoms with Crippen LogP contribution in [0.15, 0.2) is 18.2 Å². The van der Waals surface area contributed by atoms with Crippen LogP contribution in [0.5, 0.6) is 0 Å². The molecule has 1 N–H and O–H groups in total. The van der Waals surface area contributed by atoms with Crippen LogP contribution in [-0.2, 0) is 6.54 Å². The summed E-state index contributed by atoms with van der Waals surface area (Å²) >= 11 is 5.92. The maximum atomic E-state index is 11.2. The SMILES string of the molecule is CCn1c(C(=O)O)c(C)c2cc(Cl)ccc21. The van der Waals surface area contributed by atoms with Gasteiger partial charge in [0.25, 0.3) is 0 Å². The van der Waals surface area contributed by atoms with Gasteiger partial charge in [-0.25, -0.2) is 4.79 Å². The van der Waals surface area contributed by atoms with Crippen LogP contribution in [0.2, 0.25) is 5.02 Å². The Bertz CT molecular complexity index is 572. The molecule has 0 aliphatic rings. The minimum atomic E-state index is -0.897. The summed E-state index contributed by atoms with van der Waals surface area (Å²) in [5.41, 5.74) is 2.04. The van der Waals surface area contributed by atoms with Gasteiger partial charge in [-0.15, -0.1) is 0 Å². The second-order valence-electron chi connectivity index (χ2n) is 3.68. The Labute approximate surface area is 98.3 Å². The van der Waals surface area contributed by atoms with Crippen LogP contribution >= 0.6 is 11.6 Å². The molecule has 0 fully saturated rings. The van der Waals surface area contributed by atoms with Gasteiger partial charge in [-0.05, 0) is 37.6 Å². The van der Waals surface area contributed by atoms with E-state index in [0.717, 1.165) is 16.5 Å². The van der Waals surface area contributed by atoms with Gasteiger partial charge in [0.05, 0.1) is 0 Å². The van der Waals surface area contributed by atoms with Crippen molar-refractivity contribution in [2.45, 2.75) is 20.4 Å². The Morgan fingerprint density at radius 3 is 2.75 bits per heavy atom. The quantitative estimate of drug-likeness (QED) is 0.871. The number of rotatable bonds is 2. The maximum absolute atomic E-state index is 11.2. The molecule has 0 atom stereocenters. The number of halogens is 1. The van der Waals surface area contributed by atoms with E-state index in [2.05, 4.69) is 0 Å². The molecular weight excluding hydrogens is 226 g/mol. The number of aryl methyl sites for hydroxylation is 2. The fourth-order valence-electron chi connectivity index (χ4n) is 2.10. The van der Waals surface area contributed by atoms with E-state index in [1.54, 1.807) is 10.6 Å². The number of fused-ring (bicyclic) bond motifs is 1. The third kappa shape index (κ3) is 1.48. The molecule has 0 spiro atoms. The molecule has 1 aromatic heterocycles. The van der Waals surface area contributed by atoms with Crippen molar-refractivity contribution in [3.63, 3.8) is 0 Å². The van der Waals surface area contributed by atoms with Crippen molar-refractivity contribution in [1.29, 1.82) is 0 Å². The standard InChI is InChI=1S/C12H12ClNO2/c1-3-14-10-5-4-8(13)6-9(10)7(2)11(14)12(15)16/h4-6H,3H2,1-2H3,(H,15,16). The normalized spacial score (nSPS) is 10.9. The lowest BCUT2D eigenvalue weighted by atomic mass is 10.1. The summed E-state index contributed by atoms with van der Waals surface area (Å²) in [6.45, 7) is 4.38. The van der Waals surface area contributed by atoms with Crippen molar-refractivity contribution in [3.05, 3.63) is 34.5 Å². The third-order valence-electron chi connectivity index (χ3n) is 2.80. The van der Waals surface area contributed by atoms with Gasteiger partial charge in [-0.3, -0.25) is 0 Å². The highest BCUT2D eigenvalue weighted by Crippen LogP contribution is 2.28. The lowest BCUT2D eigenvalue weighted by molar-refractivity contribution is 0.0685. The molecule has 0 bridgehead atoms. The van der Waals surface area contributed by atoms with E-state index in [0.29, 0.717) is 17.3 Å². The molecule has 4 heteroatoms. The second kappa shape index (κ2) is 3.83. The van der Waals surface area contributed by atoms with Gasteiger partial charge in [0.2, 0.25) is 0 Å². The number of nitrogens with zero attached hydrogens (tertiary/aromatic N) is 1. The summed E-state index contributed by atoms with van der Waals surface area (Å²) in [5.74, 6) is -0.897. The fraction of sp³-hybridized carbons (Fsp3) is 0.250. The first-order valence-corrected chi connectivity index (χ1v) is 5.45. The van der Waals surface area contributed by atoms with Gasteiger partial charge in [0, 0.05) is 22.5 Å². The lowest BCUT2D eigenvalue weighted by Crippen LogP contribution is -2.08. The van der Waals surface area contributed by atoms with Gasteiger partial charge >= 0.3 is 5.97 Å². The van der Waals surface area contributed by atoms with E-state index in [9.17, 15) is 9.90 Å². The summed E-state index contributed by atoms with van der Waals surface area (Å²) in [4.78, 5) is 11.2. The molecule has 0 unspecified atom stereocenters. The molecule has 1 aromatic carbocycles. The first kappa shape index (κ1) is 11.0. The fourth-order valence-corrected chi connectivity index (χ4v) is 2.27. The smallest absolute Gasteiger partial charge is 0.352 e. The summed E-state index contributed by atoms with van der Waals surface area (Å²) in [5, 5.41) is 10.7. The number of carbonyl (C=O) groups is 1. The van der Waals surface area contributed by atoms with Crippen LogP contribution in [0.25, 0.3) is 10.9 Å². The van der Waals surface area contributed by atoms with E-state index in [1.165, 1.54) is 0 Å². The predicted molar refractivity (Wildman–Crippen MR) is 64.3 cm³/mol. The number of aromatic nitrogens is 1. The van der Waals surface area contributed by atoms with Gasteiger partial charge in [-0.1, -0.05) is 11.6 Å². The van der Waals surface area contributed by atoms with E-state index in [4.69, 9.17) is 11.6 Å². The van der Waals surface area contributed by atoms with Crippen LogP contribution in [0.1, 0.15) is 23.0 Å². The van der Waals surface area contributed by atoms with E-state index < -0.39 is 5.97 Å². The second-order valence-corrected chi connectivity index (χ2v) is 4.12. The molecule has 0 saturated carbocycles. The molecule has 0 amide bonds. The highest BCUT2D eigenvalue weighted by Gasteiger charge is 2.18. The van der Waals surface area contributed by atoms with E-state index in [-0.39, 0.29) is 0 Å². The summed E-state index contributed by atoms with van der Waals surface area (Å²) in [6, 6.07) is 5.45. The van der Waals surface area contributed by atoms with E-state index >= 15 is 0 Å². The Hall–Kier alpha value is -1.48. The van der Waals surface area contributed by atoms with Gasteiger partial charge in [-0.2, -0.15) is 0 Å². The minimum Gasteiger partial charge on any atom is -0.477 e. The van der Waals surface area contributed by atoms with E-state index in [1.807, 2.05) is 26.0 Å². The molecule has 2 aromatic rings. The molecule has 0 saturated heterocycles. The number of aromatic carboxylic acids is 1. The summed E-state index contributed by atoms with van der Waals surface area (Å²) in [6.07, 6.45) is 0. The molecule has 2 rings (SSSR count). The lowest BCUT2D eigenvalue weighted by Gasteiger charge is -2.04. The monoisotopic (exact) mass is 237 g/mol. The number of carboxylic acids is 1. The van der Waals surface area contributed by atoms with Crippen molar-refractivity contribution in [1.82, 2.24) is 4.57 Å². The summed E-state index contributed by atoms with van der Waals surface area (Å²) < 4.78 is 1.79. The van der Waals surface area contributed by atoms with Crippen molar-refractivity contribution < 1.29 is 9.90 Å². The topological polar surface area (TPSA) is 42.2 Å². The number of hydrogen-bond donors (Lipinski definition) is 1. The molecule has 0 radical (unpaired) electrons. The Morgan fingerprint density at radius 2 is 2.19 bits per heavy atom. The van der Waals surface area contributed by atoms with Crippen LogP contribution in [0.4, 0.5) is 0 Å². The van der Waals surface area contributed by atoms with Crippen molar-refractivity contribution in [3.8, 4) is 0 Å². The van der Waals surface area contributed by atoms with Crippen molar-refractivity contribution in [2.75, 3.05) is 0 Å². The zero-order chi connectivity index (χ0) is 11.9. The van der Waals surface area contributed by atoms with Crippen LogP contribution in [0.3, 0.4) is 0 Å². The molecule has 0 aliphatic carbocycles. The molecule has 1 heterocycles.